The van der Waals surface area contributed by atoms with Crippen molar-refractivity contribution >= 4 is 16.7 Å². The summed E-state index contributed by atoms with van der Waals surface area (Å²) in [5, 5.41) is 9.40. The predicted molar refractivity (Wildman–Crippen MR) is 79.7 cm³/mol. The molecule has 0 unspecified atom stereocenters. The maximum absolute atomic E-state index is 9.40. The Bertz CT molecular complexity index is 853. The van der Waals surface area contributed by atoms with Gasteiger partial charge >= 0.3 is 0 Å². The second-order valence-corrected chi connectivity index (χ2v) is 4.82. The Morgan fingerprint density at radius 2 is 2.00 bits per heavy atom. The molecule has 0 atom stereocenters. The number of hydrogen-bond acceptors (Lipinski definition) is 3. The highest BCUT2D eigenvalue weighted by Crippen LogP contribution is 2.26. The molecule has 0 aliphatic rings. The second-order valence-electron chi connectivity index (χ2n) is 4.82. The second kappa shape index (κ2) is 4.39. The van der Waals surface area contributed by atoms with Gasteiger partial charge in [0.2, 0.25) is 0 Å². The number of nitrogens with two attached hydrogens (primary N) is 1. The largest absolute Gasteiger partial charge is 0.399 e. The summed E-state index contributed by atoms with van der Waals surface area (Å²) in [6.45, 7) is 3.87. The van der Waals surface area contributed by atoms with Gasteiger partial charge in [0.1, 0.15) is 11.9 Å². The van der Waals surface area contributed by atoms with Crippen LogP contribution in [-0.2, 0) is 0 Å². The Balaban J connectivity index is 2.39. The summed E-state index contributed by atoms with van der Waals surface area (Å²) in [7, 11) is 0. The topological polar surface area (TPSA) is 67.6 Å². The first-order chi connectivity index (χ1) is 9.61. The van der Waals surface area contributed by atoms with Gasteiger partial charge in [0, 0.05) is 5.69 Å². The average Bonchev–Trinajstić information content (AvgIpc) is 2.73. The van der Waals surface area contributed by atoms with E-state index in [1.807, 2.05) is 54.8 Å². The molecule has 0 saturated carbocycles. The van der Waals surface area contributed by atoms with E-state index in [2.05, 4.69) is 11.1 Å². The molecule has 0 aliphatic heterocycles. The Hall–Kier alpha value is -2.80. The summed E-state index contributed by atoms with van der Waals surface area (Å²) < 4.78 is 2.00. The fraction of sp³-hybridized carbons (Fsp3) is 0.125. The molecule has 98 valence electrons. The lowest BCUT2D eigenvalue weighted by atomic mass is 10.1. The van der Waals surface area contributed by atoms with Crippen molar-refractivity contribution in [3.8, 4) is 11.8 Å². The van der Waals surface area contributed by atoms with Crippen molar-refractivity contribution in [2.45, 2.75) is 13.8 Å². The quantitative estimate of drug-likeness (QED) is 0.685. The molecule has 0 bridgehead atoms. The number of rotatable bonds is 1. The number of nitrogens with zero attached hydrogens (tertiary/aromatic N) is 3. The number of fused-ring (bicyclic) bond motifs is 1. The van der Waals surface area contributed by atoms with E-state index in [0.717, 1.165) is 28.1 Å². The van der Waals surface area contributed by atoms with Crippen molar-refractivity contribution in [2.24, 2.45) is 0 Å². The Labute approximate surface area is 117 Å². The first-order valence-corrected chi connectivity index (χ1v) is 6.36. The van der Waals surface area contributed by atoms with Crippen LogP contribution in [0.2, 0.25) is 0 Å². The molecule has 3 aromatic rings. The van der Waals surface area contributed by atoms with E-state index >= 15 is 0 Å². The molecule has 1 aromatic heterocycles. The summed E-state index contributed by atoms with van der Waals surface area (Å²) >= 11 is 0. The molecule has 3 rings (SSSR count). The van der Waals surface area contributed by atoms with Gasteiger partial charge in [-0.3, -0.25) is 4.57 Å². The zero-order chi connectivity index (χ0) is 14.3. The molecular weight excluding hydrogens is 248 g/mol. The number of nitriles is 1. The summed E-state index contributed by atoms with van der Waals surface area (Å²) in [5.41, 5.74) is 10.8. The Morgan fingerprint density at radius 1 is 1.20 bits per heavy atom. The van der Waals surface area contributed by atoms with Crippen molar-refractivity contribution in [1.29, 1.82) is 5.26 Å². The maximum atomic E-state index is 9.40. The van der Waals surface area contributed by atoms with Crippen LogP contribution < -0.4 is 5.73 Å². The number of aryl methyl sites for hydroxylation is 2. The normalized spacial score (nSPS) is 10.7. The molecular formula is C16H14N4. The molecule has 0 spiro atoms. The number of imidazole rings is 1. The van der Waals surface area contributed by atoms with E-state index < -0.39 is 0 Å². The van der Waals surface area contributed by atoms with Crippen LogP contribution in [0.4, 0.5) is 5.69 Å². The summed E-state index contributed by atoms with van der Waals surface area (Å²) in [5.74, 6) is 0.840. The molecule has 2 N–H and O–H groups in total. The first-order valence-electron chi connectivity index (χ1n) is 6.36. The highest BCUT2D eigenvalue weighted by Gasteiger charge is 2.13. The van der Waals surface area contributed by atoms with Crippen LogP contribution in [-0.4, -0.2) is 9.55 Å². The molecule has 0 fully saturated rings. The van der Waals surface area contributed by atoms with E-state index in [1.165, 1.54) is 0 Å². The summed E-state index contributed by atoms with van der Waals surface area (Å²) in [6.07, 6.45) is 0. The number of hydrogen-bond donors (Lipinski definition) is 1. The number of benzene rings is 2. The van der Waals surface area contributed by atoms with Crippen LogP contribution >= 0.6 is 0 Å². The smallest absolute Gasteiger partial charge is 0.111 e. The van der Waals surface area contributed by atoms with Gasteiger partial charge in [-0.2, -0.15) is 5.26 Å². The van der Waals surface area contributed by atoms with Crippen molar-refractivity contribution in [3.63, 3.8) is 0 Å². The lowest BCUT2D eigenvalue weighted by Crippen LogP contribution is -2.01. The van der Waals surface area contributed by atoms with Crippen LogP contribution in [0.3, 0.4) is 0 Å². The van der Waals surface area contributed by atoms with Crippen molar-refractivity contribution < 1.29 is 0 Å². The highest BCUT2D eigenvalue weighted by molar-refractivity contribution is 5.82. The minimum Gasteiger partial charge on any atom is -0.399 e. The van der Waals surface area contributed by atoms with Gasteiger partial charge in [0.25, 0.3) is 0 Å². The molecule has 2 aromatic carbocycles. The third-order valence-corrected chi connectivity index (χ3v) is 3.45. The monoisotopic (exact) mass is 262 g/mol. The van der Waals surface area contributed by atoms with Gasteiger partial charge in [-0.15, -0.1) is 0 Å². The lowest BCUT2D eigenvalue weighted by Gasteiger charge is -2.10. The molecule has 0 radical (unpaired) electrons. The molecule has 0 amide bonds. The molecule has 4 nitrogen and oxygen atoms in total. The molecule has 0 aliphatic carbocycles. The third kappa shape index (κ3) is 1.72. The number of nitrogen functional groups attached to an aromatic ring is 1. The third-order valence-electron chi connectivity index (χ3n) is 3.45. The van der Waals surface area contributed by atoms with Gasteiger partial charge in [-0.25, -0.2) is 4.98 Å². The van der Waals surface area contributed by atoms with Gasteiger partial charge in [-0.05, 0) is 43.7 Å². The lowest BCUT2D eigenvalue weighted by molar-refractivity contribution is 0.994. The SMILES string of the molecule is Cc1cccc(-n2c(C)nc3cc(N)ccc32)c1C#N. The molecule has 1 heterocycles. The fourth-order valence-electron chi connectivity index (χ4n) is 2.51. The van der Waals surface area contributed by atoms with E-state index in [-0.39, 0.29) is 0 Å². The van der Waals surface area contributed by atoms with E-state index in [1.54, 1.807) is 0 Å². The van der Waals surface area contributed by atoms with Crippen LogP contribution in [0.1, 0.15) is 17.0 Å². The number of anilines is 1. The van der Waals surface area contributed by atoms with Crippen LogP contribution in [0.25, 0.3) is 16.7 Å². The average molecular weight is 262 g/mol. The van der Waals surface area contributed by atoms with E-state index in [9.17, 15) is 5.26 Å². The molecule has 4 heteroatoms. The Morgan fingerprint density at radius 3 is 2.75 bits per heavy atom. The van der Waals surface area contributed by atoms with E-state index in [4.69, 9.17) is 5.73 Å². The molecule has 20 heavy (non-hydrogen) atoms. The minimum absolute atomic E-state index is 0.673. The number of aromatic nitrogens is 2. The van der Waals surface area contributed by atoms with Crippen molar-refractivity contribution in [2.75, 3.05) is 5.73 Å². The summed E-state index contributed by atoms with van der Waals surface area (Å²) in [4.78, 5) is 4.53. The van der Waals surface area contributed by atoms with Gasteiger partial charge < -0.3 is 5.73 Å². The van der Waals surface area contributed by atoms with Crippen molar-refractivity contribution in [3.05, 3.63) is 53.3 Å². The highest BCUT2D eigenvalue weighted by atomic mass is 15.1. The minimum atomic E-state index is 0.673. The zero-order valence-corrected chi connectivity index (χ0v) is 11.4. The molecule has 0 saturated heterocycles. The zero-order valence-electron chi connectivity index (χ0n) is 11.4. The maximum Gasteiger partial charge on any atom is 0.111 e. The first kappa shape index (κ1) is 12.2. The Kier molecular flexibility index (Phi) is 2.69. The van der Waals surface area contributed by atoms with Gasteiger partial charge in [-0.1, -0.05) is 12.1 Å². The van der Waals surface area contributed by atoms with Gasteiger partial charge in [0.05, 0.1) is 22.3 Å². The van der Waals surface area contributed by atoms with Crippen LogP contribution in [0, 0.1) is 25.2 Å². The van der Waals surface area contributed by atoms with Crippen molar-refractivity contribution in [1.82, 2.24) is 9.55 Å². The standard InChI is InChI=1S/C16H14N4/c1-10-4-3-5-15(13(10)9-17)20-11(2)19-14-8-12(18)6-7-16(14)20/h3-8H,18H2,1-2H3. The summed E-state index contributed by atoms with van der Waals surface area (Å²) in [6, 6.07) is 13.7. The van der Waals surface area contributed by atoms with Crippen LogP contribution in [0.5, 0.6) is 0 Å². The predicted octanol–water partition coefficient (Wildman–Crippen LogP) is 3.10. The van der Waals surface area contributed by atoms with Crippen LogP contribution in [0.15, 0.2) is 36.4 Å². The fourth-order valence-corrected chi connectivity index (χ4v) is 2.51. The van der Waals surface area contributed by atoms with Gasteiger partial charge in [0.15, 0.2) is 0 Å². The van der Waals surface area contributed by atoms with E-state index in [0.29, 0.717) is 11.3 Å².